The average molecular weight is 215 g/mol. The molecule has 0 bridgehead atoms. The molecule has 2 N–H and O–H groups in total. The van der Waals surface area contributed by atoms with E-state index in [9.17, 15) is 4.79 Å². The lowest BCUT2D eigenvalue weighted by Crippen LogP contribution is -2.19. The highest BCUT2D eigenvalue weighted by atomic mass is 16.1. The molecular weight excluding hydrogens is 202 g/mol. The Hall–Kier alpha value is -2.10. The molecule has 1 aromatic carbocycles. The van der Waals surface area contributed by atoms with Gasteiger partial charge in [-0.1, -0.05) is 18.2 Å². The summed E-state index contributed by atoms with van der Waals surface area (Å²) in [6, 6.07) is 5.98. The fourth-order valence-corrected chi connectivity index (χ4v) is 1.45. The third kappa shape index (κ3) is 2.48. The first kappa shape index (κ1) is 10.4. The predicted octanol–water partition coefficient (Wildman–Crippen LogP) is 1.71. The molecule has 2 rings (SSSR count). The molecule has 1 amide bonds. The molecule has 0 spiro atoms. The maximum atomic E-state index is 10.6. The number of imidazole rings is 1. The summed E-state index contributed by atoms with van der Waals surface area (Å²) >= 11 is 0. The molecule has 0 aliphatic heterocycles. The third-order valence-electron chi connectivity index (χ3n) is 2.22. The van der Waals surface area contributed by atoms with E-state index < -0.39 is 0 Å². The fourth-order valence-electron chi connectivity index (χ4n) is 1.45. The second-order valence-corrected chi connectivity index (χ2v) is 3.52. The van der Waals surface area contributed by atoms with Crippen molar-refractivity contribution in [1.29, 1.82) is 0 Å². The lowest BCUT2D eigenvalue weighted by Gasteiger charge is -1.96. The minimum absolute atomic E-state index is 0.0197. The Morgan fingerprint density at radius 2 is 2.44 bits per heavy atom. The topological polar surface area (TPSA) is 57.8 Å². The van der Waals surface area contributed by atoms with Gasteiger partial charge < -0.3 is 10.3 Å². The van der Waals surface area contributed by atoms with Crippen molar-refractivity contribution in [3.8, 4) is 0 Å². The summed E-state index contributed by atoms with van der Waals surface area (Å²) in [6.45, 7) is 2.06. The van der Waals surface area contributed by atoms with E-state index in [-0.39, 0.29) is 5.91 Å². The zero-order chi connectivity index (χ0) is 11.4. The van der Waals surface area contributed by atoms with Crippen molar-refractivity contribution < 1.29 is 4.79 Å². The normalized spacial score (nSPS) is 11.1. The number of benzene rings is 1. The van der Waals surface area contributed by atoms with Crippen molar-refractivity contribution in [3.63, 3.8) is 0 Å². The van der Waals surface area contributed by atoms with E-state index in [0.29, 0.717) is 6.54 Å². The number of carbonyl (C=O) groups excluding carboxylic acids is 1. The molecule has 1 aromatic heterocycles. The summed E-state index contributed by atoms with van der Waals surface area (Å²) in [6.07, 6.45) is 5.56. The molecule has 0 unspecified atom stereocenters. The molecule has 82 valence electrons. The number of aromatic amines is 1. The summed E-state index contributed by atoms with van der Waals surface area (Å²) in [5, 5.41) is 2.70. The second kappa shape index (κ2) is 4.61. The van der Waals surface area contributed by atoms with E-state index >= 15 is 0 Å². The number of amides is 1. The van der Waals surface area contributed by atoms with Gasteiger partial charge in [-0.05, 0) is 17.7 Å². The minimum atomic E-state index is -0.0197. The lowest BCUT2D eigenvalue weighted by molar-refractivity contribution is -0.118. The van der Waals surface area contributed by atoms with Crippen LogP contribution in [0.2, 0.25) is 0 Å². The van der Waals surface area contributed by atoms with Crippen molar-refractivity contribution in [2.75, 3.05) is 6.54 Å². The third-order valence-corrected chi connectivity index (χ3v) is 2.22. The second-order valence-electron chi connectivity index (χ2n) is 3.52. The Balaban J connectivity index is 2.06. The van der Waals surface area contributed by atoms with Crippen LogP contribution in [0.1, 0.15) is 12.5 Å². The van der Waals surface area contributed by atoms with Gasteiger partial charge in [0.25, 0.3) is 0 Å². The van der Waals surface area contributed by atoms with Gasteiger partial charge in [-0.15, -0.1) is 0 Å². The molecular formula is C12H13N3O. The van der Waals surface area contributed by atoms with Gasteiger partial charge in [-0.3, -0.25) is 4.79 Å². The maximum absolute atomic E-state index is 10.6. The molecule has 0 aliphatic carbocycles. The molecule has 0 saturated carbocycles. The van der Waals surface area contributed by atoms with Gasteiger partial charge in [0.1, 0.15) is 0 Å². The van der Waals surface area contributed by atoms with Gasteiger partial charge in [-0.25, -0.2) is 4.98 Å². The monoisotopic (exact) mass is 215 g/mol. The Morgan fingerprint density at radius 3 is 3.25 bits per heavy atom. The Morgan fingerprint density at radius 1 is 1.56 bits per heavy atom. The van der Waals surface area contributed by atoms with Crippen molar-refractivity contribution in [2.24, 2.45) is 0 Å². The fraction of sp³-hybridized carbons (Fsp3) is 0.167. The molecule has 4 nitrogen and oxygen atoms in total. The molecule has 16 heavy (non-hydrogen) atoms. The van der Waals surface area contributed by atoms with Gasteiger partial charge in [0.05, 0.1) is 17.4 Å². The summed E-state index contributed by atoms with van der Waals surface area (Å²) in [5.74, 6) is -0.0197. The zero-order valence-electron chi connectivity index (χ0n) is 9.03. The lowest BCUT2D eigenvalue weighted by atomic mass is 10.2. The summed E-state index contributed by atoms with van der Waals surface area (Å²) in [5.41, 5.74) is 3.06. The smallest absolute Gasteiger partial charge is 0.217 e. The Labute approximate surface area is 93.4 Å². The minimum Gasteiger partial charge on any atom is -0.353 e. The first-order valence-corrected chi connectivity index (χ1v) is 5.10. The van der Waals surface area contributed by atoms with Crippen molar-refractivity contribution in [1.82, 2.24) is 15.3 Å². The summed E-state index contributed by atoms with van der Waals surface area (Å²) in [4.78, 5) is 17.8. The maximum Gasteiger partial charge on any atom is 0.217 e. The zero-order valence-corrected chi connectivity index (χ0v) is 9.03. The highest BCUT2D eigenvalue weighted by molar-refractivity contribution is 5.77. The molecule has 4 heteroatoms. The van der Waals surface area contributed by atoms with Gasteiger partial charge >= 0.3 is 0 Å². The predicted molar refractivity (Wildman–Crippen MR) is 63.8 cm³/mol. The Kier molecular flexibility index (Phi) is 3.00. The molecule has 0 aliphatic rings. The molecule has 0 fully saturated rings. The van der Waals surface area contributed by atoms with Crippen LogP contribution in [0.4, 0.5) is 0 Å². The van der Waals surface area contributed by atoms with E-state index in [1.54, 1.807) is 6.33 Å². The van der Waals surface area contributed by atoms with Crippen LogP contribution in [0.5, 0.6) is 0 Å². The standard InChI is InChI=1S/C12H13N3O/c1-9(16)13-6-2-3-10-4-5-11-12(7-10)15-8-14-11/h2-5,7-8H,6H2,1H3,(H,13,16)(H,14,15). The van der Waals surface area contributed by atoms with Crippen LogP contribution < -0.4 is 5.32 Å². The van der Waals surface area contributed by atoms with Crippen LogP contribution in [0.3, 0.4) is 0 Å². The number of hydrogen-bond donors (Lipinski definition) is 2. The number of carbonyl (C=O) groups is 1. The van der Waals surface area contributed by atoms with Crippen molar-refractivity contribution >= 4 is 23.0 Å². The molecule has 2 aromatic rings. The summed E-state index contributed by atoms with van der Waals surface area (Å²) < 4.78 is 0. The quantitative estimate of drug-likeness (QED) is 0.818. The van der Waals surface area contributed by atoms with Crippen molar-refractivity contribution in [2.45, 2.75) is 6.92 Å². The Bertz CT molecular complexity index is 528. The molecule has 0 radical (unpaired) electrons. The van der Waals surface area contributed by atoms with Gasteiger partial charge in [0.15, 0.2) is 0 Å². The molecule has 1 heterocycles. The number of nitrogens with one attached hydrogen (secondary N) is 2. The number of H-pyrrole nitrogens is 1. The van der Waals surface area contributed by atoms with Crippen LogP contribution in [-0.2, 0) is 4.79 Å². The first-order valence-electron chi connectivity index (χ1n) is 5.10. The highest BCUT2D eigenvalue weighted by Gasteiger charge is 1.95. The van der Waals surface area contributed by atoms with Gasteiger partial charge in [0, 0.05) is 13.5 Å². The van der Waals surface area contributed by atoms with E-state index in [1.165, 1.54) is 6.92 Å². The SMILES string of the molecule is CC(=O)NCC=Cc1ccc2nc[nH]c2c1. The van der Waals surface area contributed by atoms with Crippen LogP contribution in [0, 0.1) is 0 Å². The van der Waals surface area contributed by atoms with Crippen LogP contribution >= 0.6 is 0 Å². The highest BCUT2D eigenvalue weighted by Crippen LogP contribution is 2.12. The van der Waals surface area contributed by atoms with E-state index in [4.69, 9.17) is 0 Å². The van der Waals surface area contributed by atoms with Gasteiger partial charge in [-0.2, -0.15) is 0 Å². The number of rotatable bonds is 3. The number of aromatic nitrogens is 2. The molecule has 0 atom stereocenters. The van der Waals surface area contributed by atoms with Crippen molar-refractivity contribution in [3.05, 3.63) is 36.2 Å². The largest absolute Gasteiger partial charge is 0.353 e. The number of hydrogen-bond acceptors (Lipinski definition) is 2. The van der Waals surface area contributed by atoms with E-state index in [1.807, 2.05) is 30.4 Å². The average Bonchev–Trinajstić information content (AvgIpc) is 2.71. The van der Waals surface area contributed by atoms with Crippen LogP contribution in [0.25, 0.3) is 17.1 Å². The number of nitrogens with zero attached hydrogens (tertiary/aromatic N) is 1. The first-order chi connectivity index (χ1) is 7.75. The van der Waals surface area contributed by atoms with Crippen LogP contribution in [0.15, 0.2) is 30.6 Å². The van der Waals surface area contributed by atoms with Gasteiger partial charge in [0.2, 0.25) is 5.91 Å². The summed E-state index contributed by atoms with van der Waals surface area (Å²) in [7, 11) is 0. The van der Waals surface area contributed by atoms with E-state index in [2.05, 4.69) is 15.3 Å². The molecule has 0 saturated heterocycles. The van der Waals surface area contributed by atoms with Crippen LogP contribution in [-0.4, -0.2) is 22.4 Å². The van der Waals surface area contributed by atoms with E-state index in [0.717, 1.165) is 16.6 Å². The number of fused-ring (bicyclic) bond motifs is 1.